The van der Waals surface area contributed by atoms with Gasteiger partial charge in [-0.2, -0.15) is 0 Å². The van der Waals surface area contributed by atoms with Crippen LogP contribution in [0.3, 0.4) is 0 Å². The second kappa shape index (κ2) is 6.80. The number of rotatable bonds is 7. The molecule has 0 spiro atoms. The third kappa shape index (κ3) is 3.87. The van der Waals surface area contributed by atoms with Crippen molar-refractivity contribution < 1.29 is 19.4 Å². The molecule has 1 N–H and O–H groups in total. The van der Waals surface area contributed by atoms with E-state index in [4.69, 9.17) is 9.47 Å². The van der Waals surface area contributed by atoms with E-state index in [1.54, 1.807) is 0 Å². The maximum Gasteiger partial charge on any atom is 0.309 e. The predicted molar refractivity (Wildman–Crippen MR) is 82.7 cm³/mol. The average molecular weight is 304 g/mol. The summed E-state index contributed by atoms with van der Waals surface area (Å²) in [5.74, 6) is -0.655. The van der Waals surface area contributed by atoms with Crippen LogP contribution < -0.4 is 0 Å². The number of aliphatic carboxylic acids is 1. The Bertz CT molecular complexity index is 498. The zero-order valence-corrected chi connectivity index (χ0v) is 12.9. The fraction of sp³-hybridized carbons (Fsp3) is 0.611. The molecule has 1 saturated carbocycles. The lowest BCUT2D eigenvalue weighted by Gasteiger charge is -2.22. The lowest BCUT2D eigenvalue weighted by molar-refractivity contribution is -0.161. The van der Waals surface area contributed by atoms with Crippen molar-refractivity contribution in [2.45, 2.75) is 51.2 Å². The number of benzene rings is 1. The Hall–Kier alpha value is -1.39. The highest BCUT2D eigenvalue weighted by atomic mass is 16.7. The first-order valence-corrected chi connectivity index (χ1v) is 8.22. The maximum atomic E-state index is 11.2. The van der Waals surface area contributed by atoms with Crippen LogP contribution in [0.15, 0.2) is 24.3 Å². The normalized spacial score (nSPS) is 23.2. The molecule has 1 heterocycles. The predicted octanol–water partition coefficient (Wildman–Crippen LogP) is 3.18. The molecule has 1 unspecified atom stereocenters. The van der Waals surface area contributed by atoms with Crippen LogP contribution in [0.5, 0.6) is 0 Å². The van der Waals surface area contributed by atoms with Gasteiger partial charge in [0.2, 0.25) is 0 Å². The van der Waals surface area contributed by atoms with Crippen molar-refractivity contribution in [2.24, 2.45) is 5.41 Å². The van der Waals surface area contributed by atoms with E-state index >= 15 is 0 Å². The number of ether oxygens (including phenoxy) is 2. The first-order valence-electron chi connectivity index (χ1n) is 8.22. The molecule has 22 heavy (non-hydrogen) atoms. The number of carbonyl (C=O) groups is 1. The van der Waals surface area contributed by atoms with Gasteiger partial charge in [0.15, 0.2) is 6.29 Å². The summed E-state index contributed by atoms with van der Waals surface area (Å²) in [6.45, 7) is 1.48. The van der Waals surface area contributed by atoms with Crippen molar-refractivity contribution in [1.29, 1.82) is 0 Å². The van der Waals surface area contributed by atoms with Gasteiger partial charge in [0, 0.05) is 6.61 Å². The molecular formula is C18H24O4. The highest BCUT2D eigenvalue weighted by molar-refractivity contribution is 5.78. The minimum Gasteiger partial charge on any atom is -0.481 e. The summed E-state index contributed by atoms with van der Waals surface area (Å²) in [5.41, 5.74) is 1.85. The van der Waals surface area contributed by atoms with Gasteiger partial charge in [-0.1, -0.05) is 24.3 Å². The number of carboxylic acids is 1. The zero-order chi connectivity index (χ0) is 15.4. The molecule has 4 heteroatoms. The summed E-state index contributed by atoms with van der Waals surface area (Å²) >= 11 is 0. The SMILES string of the molecule is O=C(O)C1(Cc2ccc(CCOC3CCCCO3)cc2)CC1. The molecule has 2 aliphatic rings. The van der Waals surface area contributed by atoms with Crippen LogP contribution in [0.2, 0.25) is 0 Å². The van der Waals surface area contributed by atoms with E-state index in [2.05, 4.69) is 24.3 Å². The van der Waals surface area contributed by atoms with Gasteiger partial charge < -0.3 is 14.6 Å². The lowest BCUT2D eigenvalue weighted by atomic mass is 9.96. The van der Waals surface area contributed by atoms with Crippen molar-refractivity contribution in [3.05, 3.63) is 35.4 Å². The molecule has 1 aromatic carbocycles. The molecule has 4 nitrogen and oxygen atoms in total. The monoisotopic (exact) mass is 304 g/mol. The van der Waals surface area contributed by atoms with Crippen LogP contribution in [0.4, 0.5) is 0 Å². The molecule has 1 aromatic rings. The zero-order valence-electron chi connectivity index (χ0n) is 12.9. The minimum absolute atomic E-state index is 0.0293. The second-order valence-electron chi connectivity index (χ2n) is 6.50. The molecule has 0 radical (unpaired) electrons. The molecule has 1 aliphatic carbocycles. The molecule has 1 saturated heterocycles. The third-order valence-corrected chi connectivity index (χ3v) is 4.71. The van der Waals surface area contributed by atoms with Crippen molar-refractivity contribution in [3.63, 3.8) is 0 Å². The first-order chi connectivity index (χ1) is 10.7. The summed E-state index contributed by atoms with van der Waals surface area (Å²) in [5, 5.41) is 9.23. The van der Waals surface area contributed by atoms with E-state index in [0.29, 0.717) is 13.0 Å². The van der Waals surface area contributed by atoms with Gasteiger partial charge in [0.1, 0.15) is 0 Å². The van der Waals surface area contributed by atoms with Crippen molar-refractivity contribution in [3.8, 4) is 0 Å². The van der Waals surface area contributed by atoms with Crippen molar-refractivity contribution >= 4 is 5.97 Å². The van der Waals surface area contributed by atoms with Gasteiger partial charge in [0.25, 0.3) is 0 Å². The Balaban J connectivity index is 1.44. The van der Waals surface area contributed by atoms with Gasteiger partial charge in [-0.15, -0.1) is 0 Å². The largest absolute Gasteiger partial charge is 0.481 e. The number of hydrogen-bond acceptors (Lipinski definition) is 3. The Labute approximate surface area is 131 Å². The van der Waals surface area contributed by atoms with Gasteiger partial charge >= 0.3 is 5.97 Å². The highest BCUT2D eigenvalue weighted by Crippen LogP contribution is 2.48. The Morgan fingerprint density at radius 1 is 1.23 bits per heavy atom. The third-order valence-electron chi connectivity index (χ3n) is 4.71. The Morgan fingerprint density at radius 3 is 2.55 bits per heavy atom. The van der Waals surface area contributed by atoms with E-state index in [9.17, 15) is 9.90 Å². The fourth-order valence-electron chi connectivity index (χ4n) is 2.98. The van der Waals surface area contributed by atoms with Crippen molar-refractivity contribution in [2.75, 3.05) is 13.2 Å². The summed E-state index contributed by atoms with van der Waals surface area (Å²) in [4.78, 5) is 11.2. The van der Waals surface area contributed by atoms with Crippen LogP contribution in [0.1, 0.15) is 43.2 Å². The van der Waals surface area contributed by atoms with Gasteiger partial charge in [-0.25, -0.2) is 0 Å². The van der Waals surface area contributed by atoms with Crippen LogP contribution in [-0.2, 0) is 27.1 Å². The molecule has 3 rings (SSSR count). The smallest absolute Gasteiger partial charge is 0.309 e. The maximum absolute atomic E-state index is 11.2. The molecule has 2 fully saturated rings. The molecule has 120 valence electrons. The summed E-state index contributed by atoms with van der Waals surface area (Å²) in [7, 11) is 0. The fourth-order valence-corrected chi connectivity index (χ4v) is 2.98. The van der Waals surface area contributed by atoms with Crippen LogP contribution >= 0.6 is 0 Å². The molecule has 0 aromatic heterocycles. The summed E-state index contributed by atoms with van der Waals surface area (Å²) in [6, 6.07) is 8.27. The first kappa shape index (κ1) is 15.5. The van der Waals surface area contributed by atoms with E-state index in [1.165, 1.54) is 12.0 Å². The number of carboxylic acid groups (broad SMARTS) is 1. The average Bonchev–Trinajstić information content (AvgIpc) is 3.31. The molecule has 1 atom stereocenters. The van der Waals surface area contributed by atoms with E-state index < -0.39 is 11.4 Å². The van der Waals surface area contributed by atoms with E-state index in [0.717, 1.165) is 44.3 Å². The molecular weight excluding hydrogens is 280 g/mol. The minimum atomic E-state index is -0.655. The van der Waals surface area contributed by atoms with Crippen LogP contribution in [0.25, 0.3) is 0 Å². The standard InChI is InChI=1S/C18H24O4/c19-17(20)18(9-10-18)13-15-6-4-14(5-7-15)8-12-22-16-3-1-2-11-21-16/h4-7,16H,1-3,8-13H2,(H,19,20). The van der Waals surface area contributed by atoms with Gasteiger partial charge in [-0.3, -0.25) is 4.79 Å². The lowest BCUT2D eigenvalue weighted by Crippen LogP contribution is -2.23. The molecule has 0 bridgehead atoms. The van der Waals surface area contributed by atoms with E-state index in [1.807, 2.05) is 0 Å². The van der Waals surface area contributed by atoms with Crippen LogP contribution in [-0.4, -0.2) is 30.6 Å². The summed E-state index contributed by atoms with van der Waals surface area (Å²) < 4.78 is 11.3. The Morgan fingerprint density at radius 2 is 1.95 bits per heavy atom. The quantitative estimate of drug-likeness (QED) is 0.840. The topological polar surface area (TPSA) is 55.8 Å². The summed E-state index contributed by atoms with van der Waals surface area (Å²) in [6.07, 6.45) is 6.41. The Kier molecular flexibility index (Phi) is 4.79. The molecule has 1 aliphatic heterocycles. The van der Waals surface area contributed by atoms with Gasteiger partial charge in [-0.05, 0) is 56.1 Å². The van der Waals surface area contributed by atoms with E-state index in [-0.39, 0.29) is 6.29 Å². The van der Waals surface area contributed by atoms with Crippen molar-refractivity contribution in [1.82, 2.24) is 0 Å². The molecule has 0 amide bonds. The highest BCUT2D eigenvalue weighted by Gasteiger charge is 2.49. The number of hydrogen-bond donors (Lipinski definition) is 1. The van der Waals surface area contributed by atoms with Gasteiger partial charge in [0.05, 0.1) is 12.0 Å². The van der Waals surface area contributed by atoms with Crippen LogP contribution in [0, 0.1) is 5.41 Å². The second-order valence-corrected chi connectivity index (χ2v) is 6.50.